The SMILES string of the molecule is COC(=O)c1ccc(NCc2nc(-c3cccs3)no2)cc1. The summed E-state index contributed by atoms with van der Waals surface area (Å²) in [4.78, 5) is 16.6. The molecule has 0 aliphatic rings. The molecule has 0 unspecified atom stereocenters. The third-order valence-corrected chi connectivity index (χ3v) is 3.83. The Morgan fingerprint density at radius 1 is 1.32 bits per heavy atom. The van der Waals surface area contributed by atoms with Crippen LogP contribution in [0.3, 0.4) is 0 Å². The van der Waals surface area contributed by atoms with E-state index in [0.29, 0.717) is 23.8 Å². The molecule has 7 heteroatoms. The Hall–Kier alpha value is -2.67. The first kappa shape index (κ1) is 14.3. The molecule has 0 bridgehead atoms. The second-order valence-electron chi connectivity index (χ2n) is 4.41. The Balaban J connectivity index is 1.62. The van der Waals surface area contributed by atoms with Gasteiger partial charge in [0.05, 0.1) is 24.1 Å². The Morgan fingerprint density at radius 3 is 2.82 bits per heavy atom. The first-order valence-corrected chi connectivity index (χ1v) is 7.43. The van der Waals surface area contributed by atoms with Crippen molar-refractivity contribution < 1.29 is 14.1 Å². The van der Waals surface area contributed by atoms with Crippen molar-refractivity contribution in [1.82, 2.24) is 10.1 Å². The fraction of sp³-hybridized carbons (Fsp3) is 0.133. The van der Waals surface area contributed by atoms with Crippen LogP contribution in [0.2, 0.25) is 0 Å². The van der Waals surface area contributed by atoms with Gasteiger partial charge in [0, 0.05) is 5.69 Å². The molecule has 22 heavy (non-hydrogen) atoms. The molecular formula is C15H13N3O3S. The molecule has 0 spiro atoms. The minimum Gasteiger partial charge on any atom is -0.465 e. The summed E-state index contributed by atoms with van der Waals surface area (Å²) < 4.78 is 9.85. The van der Waals surface area contributed by atoms with E-state index >= 15 is 0 Å². The van der Waals surface area contributed by atoms with Crippen molar-refractivity contribution >= 4 is 23.0 Å². The standard InChI is InChI=1S/C15H13N3O3S/c1-20-15(19)10-4-6-11(7-5-10)16-9-13-17-14(18-21-13)12-3-2-8-22-12/h2-8,16H,9H2,1H3. The van der Waals surface area contributed by atoms with Gasteiger partial charge in [0.15, 0.2) is 0 Å². The van der Waals surface area contributed by atoms with E-state index in [2.05, 4.69) is 20.2 Å². The third-order valence-electron chi connectivity index (χ3n) is 2.96. The Kier molecular flexibility index (Phi) is 4.15. The van der Waals surface area contributed by atoms with Crippen LogP contribution in [0.15, 0.2) is 46.3 Å². The number of nitrogens with zero attached hydrogens (tertiary/aromatic N) is 2. The monoisotopic (exact) mass is 315 g/mol. The molecule has 0 amide bonds. The van der Waals surface area contributed by atoms with Crippen molar-refractivity contribution in [3.63, 3.8) is 0 Å². The van der Waals surface area contributed by atoms with Gasteiger partial charge < -0.3 is 14.6 Å². The van der Waals surface area contributed by atoms with Gasteiger partial charge in [0.1, 0.15) is 0 Å². The number of anilines is 1. The summed E-state index contributed by atoms with van der Waals surface area (Å²) in [6, 6.07) is 10.9. The summed E-state index contributed by atoms with van der Waals surface area (Å²) >= 11 is 1.56. The third kappa shape index (κ3) is 3.15. The van der Waals surface area contributed by atoms with Gasteiger partial charge >= 0.3 is 5.97 Å². The minimum absolute atomic E-state index is 0.357. The Morgan fingerprint density at radius 2 is 2.14 bits per heavy atom. The van der Waals surface area contributed by atoms with Gasteiger partial charge in [-0.1, -0.05) is 11.2 Å². The molecule has 0 aliphatic heterocycles. The van der Waals surface area contributed by atoms with Crippen LogP contribution in [-0.4, -0.2) is 23.2 Å². The van der Waals surface area contributed by atoms with Gasteiger partial charge in [-0.15, -0.1) is 11.3 Å². The Bertz CT molecular complexity index is 751. The Labute approximate surface area is 130 Å². The molecule has 0 saturated heterocycles. The molecule has 3 rings (SSSR count). The highest BCUT2D eigenvalue weighted by atomic mass is 32.1. The number of hydrogen-bond acceptors (Lipinski definition) is 7. The molecule has 2 aromatic heterocycles. The number of hydrogen-bond donors (Lipinski definition) is 1. The topological polar surface area (TPSA) is 77.2 Å². The molecule has 2 heterocycles. The normalized spacial score (nSPS) is 10.4. The summed E-state index contributed by atoms with van der Waals surface area (Å²) in [7, 11) is 1.36. The lowest BCUT2D eigenvalue weighted by Gasteiger charge is -2.04. The van der Waals surface area contributed by atoms with Crippen molar-refractivity contribution in [2.75, 3.05) is 12.4 Å². The number of carbonyl (C=O) groups excluding carboxylic acids is 1. The smallest absolute Gasteiger partial charge is 0.337 e. The lowest BCUT2D eigenvalue weighted by molar-refractivity contribution is 0.0601. The molecule has 1 aromatic carbocycles. The average molecular weight is 315 g/mol. The summed E-state index contributed by atoms with van der Waals surface area (Å²) in [5, 5.41) is 9.07. The predicted octanol–water partition coefficient (Wildman–Crippen LogP) is 3.20. The van der Waals surface area contributed by atoms with Crippen LogP contribution in [0.25, 0.3) is 10.7 Å². The molecule has 0 radical (unpaired) electrons. The van der Waals surface area contributed by atoms with Crippen molar-refractivity contribution in [1.29, 1.82) is 0 Å². The first-order valence-electron chi connectivity index (χ1n) is 6.55. The maximum Gasteiger partial charge on any atom is 0.337 e. The van der Waals surface area contributed by atoms with Gasteiger partial charge in [-0.25, -0.2) is 4.79 Å². The van der Waals surface area contributed by atoms with Crippen molar-refractivity contribution in [2.24, 2.45) is 0 Å². The quantitative estimate of drug-likeness (QED) is 0.729. The van der Waals surface area contributed by atoms with Crippen LogP contribution in [0.4, 0.5) is 5.69 Å². The van der Waals surface area contributed by atoms with E-state index in [9.17, 15) is 4.79 Å². The van der Waals surface area contributed by atoms with Gasteiger partial charge in [0.2, 0.25) is 11.7 Å². The van der Waals surface area contributed by atoms with Gasteiger partial charge in [-0.05, 0) is 35.7 Å². The fourth-order valence-electron chi connectivity index (χ4n) is 1.85. The highest BCUT2D eigenvalue weighted by Gasteiger charge is 2.09. The second-order valence-corrected chi connectivity index (χ2v) is 5.36. The van der Waals surface area contributed by atoms with Crippen LogP contribution in [0, 0.1) is 0 Å². The number of thiophene rings is 1. The number of rotatable bonds is 5. The zero-order valence-electron chi connectivity index (χ0n) is 11.8. The number of nitrogens with one attached hydrogen (secondary N) is 1. The lowest BCUT2D eigenvalue weighted by atomic mass is 10.2. The highest BCUT2D eigenvalue weighted by molar-refractivity contribution is 7.13. The zero-order chi connectivity index (χ0) is 15.4. The predicted molar refractivity (Wildman–Crippen MR) is 82.7 cm³/mol. The summed E-state index contributed by atoms with van der Waals surface area (Å²) in [6.07, 6.45) is 0. The summed E-state index contributed by atoms with van der Waals surface area (Å²) in [6.45, 7) is 0.413. The second kappa shape index (κ2) is 6.40. The fourth-order valence-corrected chi connectivity index (χ4v) is 2.50. The maximum atomic E-state index is 11.3. The van der Waals surface area contributed by atoms with Crippen molar-refractivity contribution in [2.45, 2.75) is 6.54 Å². The molecule has 0 fully saturated rings. The lowest BCUT2D eigenvalue weighted by Crippen LogP contribution is -2.02. The van der Waals surface area contributed by atoms with Gasteiger partial charge in [-0.3, -0.25) is 0 Å². The van der Waals surface area contributed by atoms with E-state index in [1.54, 1.807) is 35.6 Å². The van der Waals surface area contributed by atoms with Crippen LogP contribution in [0.5, 0.6) is 0 Å². The van der Waals surface area contributed by atoms with E-state index in [1.165, 1.54) is 7.11 Å². The number of methoxy groups -OCH3 is 1. The minimum atomic E-state index is -0.357. The van der Waals surface area contributed by atoms with Gasteiger partial charge in [-0.2, -0.15) is 4.98 Å². The molecule has 0 aliphatic carbocycles. The molecule has 6 nitrogen and oxygen atoms in total. The van der Waals surface area contributed by atoms with E-state index in [0.717, 1.165) is 10.6 Å². The van der Waals surface area contributed by atoms with Crippen molar-refractivity contribution in [3.05, 3.63) is 53.2 Å². The largest absolute Gasteiger partial charge is 0.465 e. The van der Waals surface area contributed by atoms with Gasteiger partial charge in [0.25, 0.3) is 0 Å². The van der Waals surface area contributed by atoms with Crippen LogP contribution in [-0.2, 0) is 11.3 Å². The number of ether oxygens (including phenoxy) is 1. The van der Waals surface area contributed by atoms with Crippen LogP contribution in [0.1, 0.15) is 16.2 Å². The van der Waals surface area contributed by atoms with E-state index in [-0.39, 0.29) is 5.97 Å². The number of esters is 1. The van der Waals surface area contributed by atoms with Crippen LogP contribution >= 0.6 is 11.3 Å². The number of aromatic nitrogens is 2. The number of benzene rings is 1. The van der Waals surface area contributed by atoms with E-state index < -0.39 is 0 Å². The molecule has 0 saturated carbocycles. The molecule has 112 valence electrons. The summed E-state index contributed by atoms with van der Waals surface area (Å²) in [5.74, 6) is 0.734. The highest BCUT2D eigenvalue weighted by Crippen LogP contribution is 2.21. The summed E-state index contributed by atoms with van der Waals surface area (Å²) in [5.41, 5.74) is 1.36. The first-order chi connectivity index (χ1) is 10.8. The van der Waals surface area contributed by atoms with E-state index in [1.807, 2.05) is 17.5 Å². The molecular weight excluding hydrogens is 302 g/mol. The maximum absolute atomic E-state index is 11.3. The van der Waals surface area contributed by atoms with Crippen molar-refractivity contribution in [3.8, 4) is 10.7 Å². The van der Waals surface area contributed by atoms with E-state index in [4.69, 9.17) is 4.52 Å². The number of carbonyl (C=O) groups is 1. The molecule has 3 aromatic rings. The zero-order valence-corrected chi connectivity index (χ0v) is 12.6. The molecule has 0 atom stereocenters. The molecule has 1 N–H and O–H groups in total. The van der Waals surface area contributed by atoms with Crippen LogP contribution < -0.4 is 5.32 Å². The average Bonchev–Trinajstić information content (AvgIpc) is 3.23.